The molecule has 0 spiro atoms. The molecule has 0 fully saturated rings. The Morgan fingerprint density at radius 2 is 1.66 bits per heavy atom. The number of pyridine rings is 1. The average molecular weight is 408 g/mol. The molecule has 3 nitrogen and oxygen atoms in total. The number of benzene rings is 2. The number of carbonyl (C=O) groups excluding carboxylic acids is 1. The number of methoxy groups -OCH3 is 1. The number of aromatic nitrogens is 1. The number of ether oxygens (including phenoxy) is 1. The Balaban J connectivity index is 1.80. The zero-order valence-corrected chi connectivity index (χ0v) is 17.6. The van der Waals surface area contributed by atoms with Gasteiger partial charge in [-0.3, -0.25) is 0 Å². The summed E-state index contributed by atoms with van der Waals surface area (Å²) in [5.41, 5.74) is 4.57. The van der Waals surface area contributed by atoms with Crippen LogP contribution in [-0.4, -0.2) is 18.1 Å². The minimum absolute atomic E-state index is 0.221. The Morgan fingerprint density at radius 1 is 1.00 bits per heavy atom. The molecule has 4 heteroatoms. The van der Waals surface area contributed by atoms with E-state index in [1.54, 1.807) is 6.07 Å². The molecule has 3 rings (SSSR count). The van der Waals surface area contributed by atoms with Crippen molar-refractivity contribution >= 4 is 17.6 Å². The maximum atomic E-state index is 11.9. The number of nitrogens with zero attached hydrogens (tertiary/aromatic N) is 1. The second-order valence-electron chi connectivity index (χ2n) is 7.25. The number of carbonyl (C=O) groups is 1. The summed E-state index contributed by atoms with van der Waals surface area (Å²) < 4.78 is 4.82. The van der Waals surface area contributed by atoms with Crippen LogP contribution in [0.5, 0.6) is 0 Å². The van der Waals surface area contributed by atoms with E-state index in [4.69, 9.17) is 16.3 Å². The van der Waals surface area contributed by atoms with E-state index in [1.807, 2.05) is 25.1 Å². The Labute approximate surface area is 177 Å². The monoisotopic (exact) mass is 407 g/mol. The van der Waals surface area contributed by atoms with E-state index in [1.165, 1.54) is 18.2 Å². The van der Waals surface area contributed by atoms with Gasteiger partial charge in [0.2, 0.25) is 0 Å². The minimum Gasteiger partial charge on any atom is -0.464 e. The first-order valence-corrected chi connectivity index (χ1v) is 10.3. The lowest BCUT2D eigenvalue weighted by Gasteiger charge is -2.21. The van der Waals surface area contributed by atoms with E-state index in [2.05, 4.69) is 53.5 Å². The van der Waals surface area contributed by atoms with E-state index in [-0.39, 0.29) is 5.38 Å². The SMILES string of the molecule is COC(=O)c1cc(C(Cl)CC(CCc2ccccc2)c2ccccc2)cc(C)n1. The molecule has 150 valence electrons. The van der Waals surface area contributed by atoms with Crippen molar-refractivity contribution < 1.29 is 9.53 Å². The zero-order chi connectivity index (χ0) is 20.6. The van der Waals surface area contributed by atoms with Gasteiger partial charge in [0.05, 0.1) is 12.5 Å². The molecular weight excluding hydrogens is 382 g/mol. The molecule has 0 aliphatic heterocycles. The lowest BCUT2D eigenvalue weighted by atomic mass is 9.87. The number of alkyl halides is 1. The molecule has 1 aromatic heterocycles. The van der Waals surface area contributed by atoms with E-state index < -0.39 is 5.97 Å². The van der Waals surface area contributed by atoms with Crippen LogP contribution in [0.25, 0.3) is 0 Å². The third-order valence-corrected chi connectivity index (χ3v) is 5.55. The van der Waals surface area contributed by atoms with Crippen molar-refractivity contribution in [3.05, 3.63) is 101 Å². The molecule has 1 heterocycles. The van der Waals surface area contributed by atoms with E-state index in [0.717, 1.165) is 30.5 Å². The molecule has 0 amide bonds. The Bertz CT molecular complexity index is 928. The van der Waals surface area contributed by atoms with Gasteiger partial charge in [-0.25, -0.2) is 9.78 Å². The van der Waals surface area contributed by atoms with Crippen molar-refractivity contribution in [3.8, 4) is 0 Å². The van der Waals surface area contributed by atoms with Crippen LogP contribution in [0, 0.1) is 6.92 Å². The molecule has 0 bridgehead atoms. The summed E-state index contributed by atoms with van der Waals surface area (Å²) in [7, 11) is 1.36. The fourth-order valence-corrected chi connectivity index (χ4v) is 3.94. The maximum Gasteiger partial charge on any atom is 0.356 e. The van der Waals surface area contributed by atoms with Crippen molar-refractivity contribution in [3.63, 3.8) is 0 Å². The molecule has 2 aromatic carbocycles. The third kappa shape index (κ3) is 5.91. The standard InChI is InChI=1S/C25H26ClNO2/c1-18-15-22(17-24(27-18)25(28)29-2)23(26)16-21(20-11-7-4-8-12-20)14-13-19-9-5-3-6-10-19/h3-12,15,17,21,23H,13-14,16H2,1-2H3. The molecule has 2 atom stereocenters. The normalized spacial score (nSPS) is 12.9. The highest BCUT2D eigenvalue weighted by atomic mass is 35.5. The summed E-state index contributed by atoms with van der Waals surface area (Å²) in [6.07, 6.45) is 2.78. The van der Waals surface area contributed by atoms with Crippen LogP contribution in [0.15, 0.2) is 72.8 Å². The lowest BCUT2D eigenvalue weighted by molar-refractivity contribution is 0.0593. The highest BCUT2D eigenvalue weighted by molar-refractivity contribution is 6.20. The first-order chi connectivity index (χ1) is 14.1. The summed E-state index contributed by atoms with van der Waals surface area (Å²) in [5.74, 6) is -0.128. The van der Waals surface area contributed by atoms with Crippen molar-refractivity contribution in [1.29, 1.82) is 0 Å². The van der Waals surface area contributed by atoms with Crippen LogP contribution in [0.1, 0.15) is 57.0 Å². The van der Waals surface area contributed by atoms with Crippen molar-refractivity contribution in [2.75, 3.05) is 7.11 Å². The molecule has 0 saturated carbocycles. The molecular formula is C25H26ClNO2. The van der Waals surface area contributed by atoms with Crippen LogP contribution in [0.3, 0.4) is 0 Å². The van der Waals surface area contributed by atoms with E-state index in [9.17, 15) is 4.79 Å². The van der Waals surface area contributed by atoms with Gasteiger partial charge in [-0.2, -0.15) is 0 Å². The predicted octanol–water partition coefficient (Wildman–Crippen LogP) is 6.26. The number of aryl methyl sites for hydroxylation is 2. The summed E-state index contributed by atoms with van der Waals surface area (Å²) in [6.45, 7) is 1.86. The lowest BCUT2D eigenvalue weighted by Crippen LogP contribution is -2.09. The smallest absolute Gasteiger partial charge is 0.356 e. The summed E-state index contributed by atoms with van der Waals surface area (Å²) >= 11 is 6.84. The molecule has 0 aliphatic carbocycles. The van der Waals surface area contributed by atoms with Gasteiger partial charge in [-0.15, -0.1) is 11.6 Å². The van der Waals surface area contributed by atoms with Crippen molar-refractivity contribution in [2.24, 2.45) is 0 Å². The number of hydrogen-bond donors (Lipinski definition) is 0. The molecule has 0 aliphatic rings. The van der Waals surface area contributed by atoms with Gasteiger partial charge < -0.3 is 4.74 Å². The maximum absolute atomic E-state index is 11.9. The Hall–Kier alpha value is -2.65. The number of rotatable bonds is 8. The molecule has 0 N–H and O–H groups in total. The van der Waals surface area contributed by atoms with Crippen LogP contribution >= 0.6 is 11.6 Å². The quantitative estimate of drug-likeness (QED) is 0.326. The minimum atomic E-state index is -0.442. The van der Waals surface area contributed by atoms with Gasteiger partial charge >= 0.3 is 5.97 Å². The van der Waals surface area contributed by atoms with Gasteiger partial charge in [0.25, 0.3) is 0 Å². The number of esters is 1. The van der Waals surface area contributed by atoms with Gasteiger partial charge in [-0.1, -0.05) is 60.7 Å². The topological polar surface area (TPSA) is 39.2 Å². The second-order valence-corrected chi connectivity index (χ2v) is 7.78. The third-order valence-electron chi connectivity index (χ3n) is 5.12. The van der Waals surface area contributed by atoms with Crippen LogP contribution in [0.2, 0.25) is 0 Å². The summed E-state index contributed by atoms with van der Waals surface area (Å²) in [4.78, 5) is 16.2. The first-order valence-electron chi connectivity index (χ1n) is 9.86. The molecule has 0 radical (unpaired) electrons. The molecule has 3 aromatic rings. The Kier molecular flexibility index (Phi) is 7.42. The van der Waals surface area contributed by atoms with E-state index in [0.29, 0.717) is 11.6 Å². The van der Waals surface area contributed by atoms with E-state index >= 15 is 0 Å². The average Bonchev–Trinajstić information content (AvgIpc) is 2.76. The predicted molar refractivity (Wildman–Crippen MR) is 117 cm³/mol. The number of halogens is 1. The summed E-state index contributed by atoms with van der Waals surface area (Å²) in [5, 5.41) is -0.221. The van der Waals surface area contributed by atoms with Gasteiger partial charge in [0, 0.05) is 5.69 Å². The molecule has 2 unspecified atom stereocenters. The fraction of sp³-hybridized carbons (Fsp3) is 0.280. The van der Waals surface area contributed by atoms with Crippen LogP contribution < -0.4 is 0 Å². The molecule has 29 heavy (non-hydrogen) atoms. The largest absolute Gasteiger partial charge is 0.464 e. The van der Waals surface area contributed by atoms with Gasteiger partial charge in [0.1, 0.15) is 5.69 Å². The Morgan fingerprint density at radius 3 is 2.31 bits per heavy atom. The number of hydrogen-bond acceptors (Lipinski definition) is 3. The van der Waals surface area contributed by atoms with Crippen LogP contribution in [0.4, 0.5) is 0 Å². The first kappa shape index (κ1) is 21.1. The highest BCUT2D eigenvalue weighted by Crippen LogP contribution is 2.36. The van der Waals surface area contributed by atoms with Crippen molar-refractivity contribution in [2.45, 2.75) is 37.5 Å². The molecule has 0 saturated heterocycles. The van der Waals surface area contributed by atoms with Crippen LogP contribution in [-0.2, 0) is 11.2 Å². The zero-order valence-electron chi connectivity index (χ0n) is 16.8. The second kappa shape index (κ2) is 10.2. The highest BCUT2D eigenvalue weighted by Gasteiger charge is 2.20. The summed E-state index contributed by atoms with van der Waals surface area (Å²) in [6, 6.07) is 24.7. The van der Waals surface area contributed by atoms with Crippen molar-refractivity contribution in [1.82, 2.24) is 4.98 Å². The van der Waals surface area contributed by atoms with Gasteiger partial charge in [0.15, 0.2) is 0 Å². The fourth-order valence-electron chi connectivity index (χ4n) is 3.60. The van der Waals surface area contributed by atoms with Gasteiger partial charge in [-0.05, 0) is 60.9 Å².